The Hall–Kier alpha value is -0.940. The highest BCUT2D eigenvalue weighted by atomic mass is 16.5. The molecule has 1 aliphatic rings. The smallest absolute Gasteiger partial charge is 0.0940 e. The molecule has 2 unspecified atom stereocenters. The normalized spacial score (nSPS) is 24.0. The first-order valence-electron chi connectivity index (χ1n) is 7.66. The molecule has 0 bridgehead atoms. The Morgan fingerprint density at radius 3 is 2.76 bits per heavy atom. The number of hydrogen-bond acceptors (Lipinski definition) is 4. The third-order valence-electron chi connectivity index (χ3n) is 4.02. The molecule has 1 aromatic rings. The topological polar surface area (TPSA) is 52.9 Å². The van der Waals surface area contributed by atoms with Crippen LogP contribution in [0.1, 0.15) is 37.5 Å². The molecule has 1 fully saturated rings. The Bertz CT molecular complexity index is 461. The van der Waals surface area contributed by atoms with Crippen molar-refractivity contribution in [2.24, 2.45) is 0 Å². The minimum absolute atomic E-state index is 0.0419. The van der Waals surface area contributed by atoms with Crippen LogP contribution in [0.4, 0.5) is 0 Å². The summed E-state index contributed by atoms with van der Waals surface area (Å²) in [6, 6.07) is 7.96. The Morgan fingerprint density at radius 1 is 1.38 bits per heavy atom. The summed E-state index contributed by atoms with van der Waals surface area (Å²) in [7, 11) is 0. The lowest BCUT2D eigenvalue weighted by atomic mass is 10.00. The zero-order valence-electron chi connectivity index (χ0n) is 13.2. The molecule has 2 N–H and O–H groups in total. The van der Waals surface area contributed by atoms with E-state index in [0.717, 1.165) is 30.8 Å². The molecule has 0 radical (unpaired) electrons. The van der Waals surface area contributed by atoms with Crippen LogP contribution in [0.2, 0.25) is 0 Å². The van der Waals surface area contributed by atoms with E-state index < -0.39 is 6.10 Å². The van der Waals surface area contributed by atoms with E-state index in [1.165, 1.54) is 0 Å². The molecule has 2 rings (SSSR count). The lowest BCUT2D eigenvalue weighted by Crippen LogP contribution is -2.54. The van der Waals surface area contributed by atoms with Gasteiger partial charge < -0.3 is 14.9 Å². The van der Waals surface area contributed by atoms with Crippen LogP contribution in [-0.4, -0.2) is 53.1 Å². The van der Waals surface area contributed by atoms with E-state index in [9.17, 15) is 10.2 Å². The van der Waals surface area contributed by atoms with Gasteiger partial charge in [-0.15, -0.1) is 0 Å². The van der Waals surface area contributed by atoms with Crippen LogP contribution in [0.25, 0.3) is 0 Å². The van der Waals surface area contributed by atoms with Gasteiger partial charge in [-0.05, 0) is 38.3 Å². The summed E-state index contributed by atoms with van der Waals surface area (Å²) >= 11 is 0. The number of rotatable bonds is 5. The molecule has 2 atom stereocenters. The number of ether oxygens (including phenoxy) is 1. The summed E-state index contributed by atoms with van der Waals surface area (Å²) in [4.78, 5) is 2.27. The van der Waals surface area contributed by atoms with E-state index in [4.69, 9.17) is 4.74 Å². The van der Waals surface area contributed by atoms with Crippen LogP contribution < -0.4 is 0 Å². The maximum atomic E-state index is 10.4. The van der Waals surface area contributed by atoms with Crippen molar-refractivity contribution in [3.63, 3.8) is 0 Å². The van der Waals surface area contributed by atoms with Crippen molar-refractivity contribution < 1.29 is 14.9 Å². The summed E-state index contributed by atoms with van der Waals surface area (Å²) in [5.41, 5.74) is 1.88. The van der Waals surface area contributed by atoms with Gasteiger partial charge >= 0.3 is 0 Å². The number of nitrogens with zero attached hydrogens (tertiary/aromatic N) is 1. The van der Waals surface area contributed by atoms with Crippen molar-refractivity contribution in [3.05, 3.63) is 35.4 Å². The van der Waals surface area contributed by atoms with Crippen LogP contribution >= 0.6 is 0 Å². The molecule has 4 heteroatoms. The summed E-state index contributed by atoms with van der Waals surface area (Å²) in [5.74, 6) is 0. The fraction of sp³-hybridized carbons (Fsp3) is 0.647. The maximum absolute atomic E-state index is 10.4. The quantitative estimate of drug-likeness (QED) is 0.870. The van der Waals surface area contributed by atoms with E-state index in [1.807, 2.05) is 45.0 Å². The molecule has 1 saturated heterocycles. The Morgan fingerprint density at radius 2 is 2.10 bits per heavy atom. The second kappa shape index (κ2) is 6.88. The first-order chi connectivity index (χ1) is 9.91. The largest absolute Gasteiger partial charge is 0.394 e. The zero-order chi connectivity index (χ0) is 15.5. The van der Waals surface area contributed by atoms with Crippen molar-refractivity contribution in [3.8, 4) is 0 Å². The van der Waals surface area contributed by atoms with Crippen LogP contribution in [0.15, 0.2) is 24.3 Å². The summed E-state index contributed by atoms with van der Waals surface area (Å²) in [6.07, 6.45) is 0.119. The molecule has 0 aromatic heterocycles. The first-order valence-corrected chi connectivity index (χ1v) is 7.66. The fourth-order valence-corrected chi connectivity index (χ4v) is 3.10. The van der Waals surface area contributed by atoms with Gasteiger partial charge in [0.15, 0.2) is 0 Å². The third-order valence-corrected chi connectivity index (χ3v) is 4.02. The van der Waals surface area contributed by atoms with Crippen molar-refractivity contribution in [2.45, 2.75) is 45.0 Å². The van der Waals surface area contributed by atoms with Crippen molar-refractivity contribution in [1.82, 2.24) is 4.90 Å². The second-order valence-corrected chi connectivity index (χ2v) is 6.58. The van der Waals surface area contributed by atoms with E-state index in [1.54, 1.807) is 0 Å². The number of morpholine rings is 1. The van der Waals surface area contributed by atoms with Crippen molar-refractivity contribution in [1.29, 1.82) is 0 Å². The van der Waals surface area contributed by atoms with Gasteiger partial charge in [0.2, 0.25) is 0 Å². The third kappa shape index (κ3) is 4.51. The van der Waals surface area contributed by atoms with E-state index in [-0.39, 0.29) is 18.3 Å². The summed E-state index contributed by atoms with van der Waals surface area (Å²) in [6.45, 7) is 8.50. The maximum Gasteiger partial charge on any atom is 0.0940 e. The van der Waals surface area contributed by atoms with Crippen LogP contribution in [0, 0.1) is 6.92 Å². The van der Waals surface area contributed by atoms with Gasteiger partial charge in [0.05, 0.1) is 24.4 Å². The Kier molecular flexibility index (Phi) is 5.38. The van der Waals surface area contributed by atoms with Gasteiger partial charge in [0.1, 0.15) is 0 Å². The average molecular weight is 293 g/mol. The number of benzene rings is 1. The number of aliphatic hydroxyl groups excluding tert-OH is 2. The highest BCUT2D eigenvalue weighted by Gasteiger charge is 2.32. The van der Waals surface area contributed by atoms with Crippen LogP contribution in [-0.2, 0) is 4.74 Å². The summed E-state index contributed by atoms with van der Waals surface area (Å²) < 4.78 is 5.81. The van der Waals surface area contributed by atoms with Gasteiger partial charge in [-0.1, -0.05) is 24.3 Å². The molecule has 1 aromatic carbocycles. The van der Waals surface area contributed by atoms with E-state index in [2.05, 4.69) is 4.90 Å². The van der Waals surface area contributed by atoms with Gasteiger partial charge in [0.25, 0.3) is 0 Å². The van der Waals surface area contributed by atoms with Crippen LogP contribution in [0.5, 0.6) is 0 Å². The zero-order valence-corrected chi connectivity index (χ0v) is 13.2. The van der Waals surface area contributed by atoms with E-state index in [0.29, 0.717) is 6.42 Å². The standard InChI is InChI=1S/C17H27NO3/c1-13-6-4-5-7-15(13)16(20)8-9-18-10-14(11-19)21-17(2,3)12-18/h4-7,14,16,19-20H,8-12H2,1-3H3. The molecular formula is C17H27NO3. The SMILES string of the molecule is Cc1ccccc1C(O)CCN1CC(CO)OC(C)(C)C1. The average Bonchev–Trinajstić information content (AvgIpc) is 2.43. The molecule has 118 valence electrons. The summed E-state index contributed by atoms with van der Waals surface area (Å²) in [5, 5.41) is 19.7. The van der Waals surface area contributed by atoms with Gasteiger partial charge in [-0.3, -0.25) is 4.90 Å². The fourth-order valence-electron chi connectivity index (χ4n) is 3.10. The predicted molar refractivity (Wildman–Crippen MR) is 83.2 cm³/mol. The lowest BCUT2D eigenvalue weighted by Gasteiger charge is -2.42. The predicted octanol–water partition coefficient (Wildman–Crippen LogP) is 1.89. The monoisotopic (exact) mass is 293 g/mol. The molecule has 21 heavy (non-hydrogen) atoms. The molecule has 1 heterocycles. The Balaban J connectivity index is 1.91. The van der Waals surface area contributed by atoms with Crippen molar-refractivity contribution >= 4 is 0 Å². The Labute approximate surface area is 127 Å². The highest BCUT2D eigenvalue weighted by molar-refractivity contribution is 5.27. The lowest BCUT2D eigenvalue weighted by molar-refractivity contribution is -0.149. The molecule has 0 aliphatic carbocycles. The van der Waals surface area contributed by atoms with Crippen molar-refractivity contribution in [2.75, 3.05) is 26.2 Å². The number of hydrogen-bond donors (Lipinski definition) is 2. The van der Waals surface area contributed by atoms with Gasteiger partial charge in [0, 0.05) is 19.6 Å². The number of aliphatic hydroxyl groups is 2. The molecule has 0 saturated carbocycles. The van der Waals surface area contributed by atoms with Gasteiger partial charge in [-0.2, -0.15) is 0 Å². The molecule has 0 spiro atoms. The highest BCUT2D eigenvalue weighted by Crippen LogP contribution is 2.24. The van der Waals surface area contributed by atoms with E-state index >= 15 is 0 Å². The van der Waals surface area contributed by atoms with Crippen LogP contribution in [0.3, 0.4) is 0 Å². The second-order valence-electron chi connectivity index (χ2n) is 6.58. The minimum atomic E-state index is -0.440. The molecule has 1 aliphatic heterocycles. The minimum Gasteiger partial charge on any atom is -0.394 e. The van der Waals surface area contributed by atoms with Gasteiger partial charge in [-0.25, -0.2) is 0 Å². The molecule has 4 nitrogen and oxygen atoms in total. The number of aryl methyl sites for hydroxylation is 1. The first kappa shape index (κ1) is 16.4. The molecule has 0 amide bonds. The molecular weight excluding hydrogens is 266 g/mol.